The van der Waals surface area contributed by atoms with Gasteiger partial charge >= 0.3 is 24.4 Å². The van der Waals surface area contributed by atoms with Gasteiger partial charge in [-0.1, -0.05) is 30.3 Å². The summed E-state index contributed by atoms with van der Waals surface area (Å²) in [5.41, 5.74) is -8.25. The van der Waals surface area contributed by atoms with E-state index < -0.39 is 104 Å². The van der Waals surface area contributed by atoms with Crippen LogP contribution in [-0.4, -0.2) is 73.9 Å². The molecular weight excluding hydrogens is 723 g/mol. The standard InChI is InChI=1S/C33H29F9N2O6S/c34-23-10-12-24(13-11-23)51(48,49)30(14-16-44(19-30)29(47)43-15-2-3-20(17-43)28(45)46)21-6-8-22(9-7-21)31(32(37,38)39,33(40,41)42)50-18-25-26(35)4-1-5-27(25)36/h1,4-13,20H,2-3,14-19H2,(H,45,46)/t20-,30-/m0/s1. The van der Waals surface area contributed by atoms with Crippen LogP contribution in [0.1, 0.15) is 36.0 Å². The van der Waals surface area contributed by atoms with Crippen molar-refractivity contribution in [3.8, 4) is 0 Å². The highest BCUT2D eigenvalue weighted by Gasteiger charge is 2.73. The van der Waals surface area contributed by atoms with Crippen molar-refractivity contribution in [3.63, 3.8) is 0 Å². The molecule has 51 heavy (non-hydrogen) atoms. The zero-order valence-corrected chi connectivity index (χ0v) is 27.1. The second-order valence-electron chi connectivity index (χ2n) is 12.3. The highest BCUT2D eigenvalue weighted by molar-refractivity contribution is 7.92. The van der Waals surface area contributed by atoms with Crippen molar-refractivity contribution in [1.82, 2.24) is 9.80 Å². The summed E-state index contributed by atoms with van der Waals surface area (Å²) in [6, 6.07) is 6.92. The van der Waals surface area contributed by atoms with Gasteiger partial charge in [0.25, 0.3) is 5.60 Å². The minimum atomic E-state index is -6.26. The molecule has 0 radical (unpaired) electrons. The number of sulfone groups is 1. The summed E-state index contributed by atoms with van der Waals surface area (Å²) in [5, 5.41) is 9.44. The van der Waals surface area contributed by atoms with E-state index in [4.69, 9.17) is 0 Å². The Morgan fingerprint density at radius 2 is 1.43 bits per heavy atom. The Hall–Kier alpha value is -4.32. The maximum atomic E-state index is 14.5. The van der Waals surface area contributed by atoms with Crippen molar-refractivity contribution in [2.24, 2.45) is 5.92 Å². The number of benzene rings is 3. The smallest absolute Gasteiger partial charge is 0.430 e. The number of amides is 2. The van der Waals surface area contributed by atoms with Crippen LogP contribution in [0.2, 0.25) is 0 Å². The third kappa shape index (κ3) is 6.74. The van der Waals surface area contributed by atoms with Crippen LogP contribution in [0.25, 0.3) is 0 Å². The molecule has 0 saturated carbocycles. The largest absolute Gasteiger partial charge is 0.481 e. The number of carbonyl (C=O) groups excluding carboxylic acids is 1. The molecule has 5 rings (SSSR count). The van der Waals surface area contributed by atoms with Gasteiger partial charge in [-0.2, -0.15) is 26.3 Å². The molecule has 3 aromatic rings. The van der Waals surface area contributed by atoms with E-state index in [1.165, 1.54) is 4.90 Å². The molecule has 18 heteroatoms. The number of carbonyl (C=O) groups is 2. The van der Waals surface area contributed by atoms with Gasteiger partial charge in [-0.3, -0.25) is 4.79 Å². The maximum Gasteiger partial charge on any atom is 0.430 e. The molecule has 0 aromatic heterocycles. The number of piperidine rings is 1. The molecular formula is C33H29F9N2O6S. The number of carboxylic acids is 1. The molecule has 0 aliphatic carbocycles. The average Bonchev–Trinajstić information content (AvgIpc) is 3.53. The lowest BCUT2D eigenvalue weighted by atomic mass is 9.88. The molecule has 0 unspecified atom stereocenters. The Balaban J connectivity index is 1.58. The van der Waals surface area contributed by atoms with Gasteiger partial charge in [0.1, 0.15) is 22.2 Å². The minimum Gasteiger partial charge on any atom is -0.481 e. The lowest BCUT2D eigenvalue weighted by Gasteiger charge is -2.38. The molecule has 2 amide bonds. The molecule has 0 bridgehead atoms. The fourth-order valence-corrected chi connectivity index (χ4v) is 8.62. The topological polar surface area (TPSA) is 104 Å². The first kappa shape index (κ1) is 37.9. The minimum absolute atomic E-state index is 0.152. The van der Waals surface area contributed by atoms with Gasteiger partial charge in [-0.15, -0.1) is 0 Å². The summed E-state index contributed by atoms with van der Waals surface area (Å²) in [5.74, 6) is -5.75. The number of ether oxygens (including phenoxy) is 1. The van der Waals surface area contributed by atoms with Gasteiger partial charge in [0.15, 0.2) is 9.84 Å². The van der Waals surface area contributed by atoms with Gasteiger partial charge in [-0.25, -0.2) is 26.4 Å². The first-order valence-electron chi connectivity index (χ1n) is 15.3. The molecule has 2 fully saturated rings. The summed E-state index contributed by atoms with van der Waals surface area (Å²) in [4.78, 5) is 27.0. The van der Waals surface area contributed by atoms with E-state index >= 15 is 0 Å². The third-order valence-corrected chi connectivity index (χ3v) is 11.8. The molecule has 2 heterocycles. The summed E-state index contributed by atoms with van der Waals surface area (Å²) < 4.78 is 160. The molecule has 2 saturated heterocycles. The lowest BCUT2D eigenvalue weighted by Crippen LogP contribution is -2.56. The first-order valence-corrected chi connectivity index (χ1v) is 16.8. The predicted octanol–water partition coefficient (Wildman–Crippen LogP) is 6.93. The number of nitrogens with zero attached hydrogens (tertiary/aromatic N) is 2. The number of alkyl halides is 6. The van der Waals surface area contributed by atoms with Gasteiger partial charge in [0.05, 0.1) is 17.4 Å². The molecule has 8 nitrogen and oxygen atoms in total. The fourth-order valence-electron chi connectivity index (χ4n) is 6.54. The number of halogens is 9. The van der Waals surface area contributed by atoms with E-state index in [2.05, 4.69) is 4.74 Å². The second-order valence-corrected chi connectivity index (χ2v) is 14.5. The van der Waals surface area contributed by atoms with Gasteiger partial charge in [-0.05, 0) is 61.2 Å². The summed E-state index contributed by atoms with van der Waals surface area (Å²) in [6.07, 6.45) is -12.3. The molecule has 3 aromatic carbocycles. The number of carboxylic acid groups (broad SMARTS) is 1. The van der Waals surface area contributed by atoms with Crippen molar-refractivity contribution in [2.45, 2.75) is 53.5 Å². The van der Waals surface area contributed by atoms with E-state index in [9.17, 15) is 62.6 Å². The fraction of sp³-hybridized carbons (Fsp3) is 0.394. The van der Waals surface area contributed by atoms with Crippen LogP contribution < -0.4 is 0 Å². The molecule has 276 valence electrons. The van der Waals surface area contributed by atoms with Gasteiger partial charge < -0.3 is 19.6 Å². The summed E-state index contributed by atoms with van der Waals surface area (Å²) in [7, 11) is -4.68. The number of aliphatic carboxylic acids is 1. The highest BCUT2D eigenvalue weighted by atomic mass is 32.2. The Bertz CT molecular complexity index is 1850. The van der Waals surface area contributed by atoms with Crippen molar-refractivity contribution < 1.29 is 67.4 Å². The van der Waals surface area contributed by atoms with E-state index in [0.29, 0.717) is 49.2 Å². The van der Waals surface area contributed by atoms with Crippen molar-refractivity contribution >= 4 is 21.8 Å². The molecule has 2 aliphatic heterocycles. The van der Waals surface area contributed by atoms with E-state index in [1.54, 1.807) is 0 Å². The Labute approximate surface area is 285 Å². The predicted molar refractivity (Wildman–Crippen MR) is 160 cm³/mol. The van der Waals surface area contributed by atoms with Gasteiger partial charge in [0, 0.05) is 37.3 Å². The number of likely N-dealkylation sites (tertiary alicyclic amines) is 2. The number of urea groups is 1. The van der Waals surface area contributed by atoms with Crippen molar-refractivity contribution in [3.05, 3.63) is 101 Å². The van der Waals surface area contributed by atoms with Crippen molar-refractivity contribution in [2.75, 3.05) is 26.2 Å². The number of hydrogen-bond acceptors (Lipinski definition) is 5. The summed E-state index contributed by atoms with van der Waals surface area (Å²) in [6.45, 7) is -2.73. The highest BCUT2D eigenvalue weighted by Crippen LogP contribution is 2.54. The maximum absolute atomic E-state index is 14.5. The molecule has 1 N–H and O–H groups in total. The molecule has 0 spiro atoms. The Morgan fingerprint density at radius 3 is 1.98 bits per heavy atom. The normalized spacial score (nSPS) is 20.5. The van der Waals surface area contributed by atoms with E-state index in [0.717, 1.165) is 35.2 Å². The second kappa shape index (κ2) is 13.7. The number of hydrogen-bond donors (Lipinski definition) is 1. The van der Waals surface area contributed by atoms with E-state index in [1.807, 2.05) is 0 Å². The van der Waals surface area contributed by atoms with Crippen LogP contribution in [0.3, 0.4) is 0 Å². The Kier molecular flexibility index (Phi) is 10.2. The molecule has 2 atom stereocenters. The van der Waals surface area contributed by atoms with Gasteiger partial charge in [0.2, 0.25) is 0 Å². The van der Waals surface area contributed by atoms with Crippen LogP contribution in [0.15, 0.2) is 71.6 Å². The SMILES string of the molecule is O=C(O)[C@H]1CCCN(C(=O)N2CC[C@](c3ccc(C(OCc4c(F)cccc4F)(C(F)(F)F)C(F)(F)F)cc3)(S(=O)(=O)c3ccc(F)cc3)C2)C1. The van der Waals surface area contributed by atoms with Crippen LogP contribution in [0, 0.1) is 23.4 Å². The quantitative estimate of drug-likeness (QED) is 0.198. The van der Waals surface area contributed by atoms with Crippen LogP contribution in [0.4, 0.5) is 44.3 Å². The van der Waals surface area contributed by atoms with Crippen molar-refractivity contribution in [1.29, 1.82) is 0 Å². The lowest BCUT2D eigenvalue weighted by molar-refractivity contribution is -0.392. The zero-order valence-electron chi connectivity index (χ0n) is 26.3. The monoisotopic (exact) mass is 752 g/mol. The molecule has 2 aliphatic rings. The van der Waals surface area contributed by atoms with Crippen LogP contribution >= 0.6 is 0 Å². The third-order valence-electron chi connectivity index (χ3n) is 9.29. The average molecular weight is 753 g/mol. The Morgan fingerprint density at radius 1 is 0.843 bits per heavy atom. The zero-order chi connectivity index (χ0) is 37.6. The first-order chi connectivity index (χ1) is 23.7. The number of rotatable bonds is 8. The van der Waals surface area contributed by atoms with E-state index in [-0.39, 0.29) is 25.2 Å². The van der Waals surface area contributed by atoms with Crippen LogP contribution in [0.5, 0.6) is 0 Å². The summed E-state index contributed by atoms with van der Waals surface area (Å²) >= 11 is 0. The van der Waals surface area contributed by atoms with Crippen LogP contribution in [-0.2, 0) is 36.3 Å².